The van der Waals surface area contributed by atoms with Gasteiger partial charge in [-0.3, -0.25) is 0 Å². The Labute approximate surface area is 194 Å². The Kier molecular flexibility index (Phi) is 10.8. The Morgan fingerprint density at radius 2 is 1.88 bits per heavy atom. The minimum atomic E-state index is 0.333. The maximum Gasteiger partial charge on any atom is 0.134 e. The quantitative estimate of drug-likeness (QED) is 0.369. The van der Waals surface area contributed by atoms with Crippen LogP contribution in [0.15, 0.2) is 52.4 Å². The number of hydrogen-bond donors (Lipinski definition) is 4. The smallest absolute Gasteiger partial charge is 0.134 e. The van der Waals surface area contributed by atoms with Crippen LogP contribution in [-0.2, 0) is 0 Å². The lowest BCUT2D eigenvalue weighted by molar-refractivity contribution is 0.539. The van der Waals surface area contributed by atoms with Gasteiger partial charge in [0.2, 0.25) is 0 Å². The summed E-state index contributed by atoms with van der Waals surface area (Å²) in [6, 6.07) is 6.76. The van der Waals surface area contributed by atoms with Crippen molar-refractivity contribution in [1.29, 1.82) is 0 Å². The summed E-state index contributed by atoms with van der Waals surface area (Å²) in [5, 5.41) is 8.26. The van der Waals surface area contributed by atoms with E-state index in [1.54, 1.807) is 0 Å². The van der Waals surface area contributed by atoms with Crippen LogP contribution in [0.4, 0.5) is 0 Å². The van der Waals surface area contributed by atoms with Crippen LogP contribution in [0.5, 0.6) is 0 Å². The first-order valence-corrected chi connectivity index (χ1v) is 12.2. The molecule has 0 aliphatic heterocycles. The molecule has 0 bridgehead atoms. The third-order valence-electron chi connectivity index (χ3n) is 5.88. The third-order valence-corrected chi connectivity index (χ3v) is 5.88. The second kappa shape index (κ2) is 13.3. The first-order valence-electron chi connectivity index (χ1n) is 12.2. The number of nitrogens with one attached hydrogen (secondary N) is 2. The van der Waals surface area contributed by atoms with Gasteiger partial charge in [0.15, 0.2) is 0 Å². The van der Waals surface area contributed by atoms with Crippen LogP contribution in [0.25, 0.3) is 11.0 Å². The van der Waals surface area contributed by atoms with Crippen molar-refractivity contribution in [1.82, 2.24) is 10.6 Å². The minimum Gasteiger partial charge on any atom is -0.464 e. The van der Waals surface area contributed by atoms with E-state index >= 15 is 0 Å². The number of rotatable bonds is 10. The first-order chi connectivity index (χ1) is 15.3. The molecule has 1 aliphatic rings. The predicted octanol–water partition coefficient (Wildman–Crippen LogP) is 5.46. The molecule has 32 heavy (non-hydrogen) atoms. The van der Waals surface area contributed by atoms with Crippen LogP contribution < -0.4 is 22.1 Å². The van der Waals surface area contributed by atoms with Crippen LogP contribution in [0.3, 0.4) is 0 Å². The molecule has 5 nitrogen and oxygen atoms in total. The van der Waals surface area contributed by atoms with E-state index < -0.39 is 0 Å². The van der Waals surface area contributed by atoms with Crippen molar-refractivity contribution in [2.24, 2.45) is 11.5 Å². The van der Waals surface area contributed by atoms with Crippen molar-refractivity contribution < 1.29 is 4.42 Å². The maximum atomic E-state index is 6.13. The standard InChI is InChI=1S/C24H35N3O.C3H9N/c1-4-19(22-16-28-24-10-9-17(2)15-21(22)24)11-12-26-13-14-27-18(3)20-7-5-6-8-23(20)25;1-3(2)4/h9-10,15-16,19,26-27H,3-8,11-14,25H2,1-2H3;3H,4H2,1-2H3. The van der Waals surface area contributed by atoms with Crippen LogP contribution in [0.2, 0.25) is 0 Å². The SMILES string of the molecule is C=C(NCCNCCC(CC)c1coc2ccc(C)cc12)C1=C(N)CCCC1.CC(C)N. The molecule has 1 aromatic carbocycles. The fourth-order valence-electron chi connectivity index (χ4n) is 4.14. The highest BCUT2D eigenvalue weighted by Gasteiger charge is 2.16. The molecule has 5 heteroatoms. The van der Waals surface area contributed by atoms with E-state index in [1.165, 1.54) is 34.9 Å². The second-order valence-electron chi connectivity index (χ2n) is 9.19. The predicted molar refractivity (Wildman–Crippen MR) is 138 cm³/mol. The number of allylic oxidation sites excluding steroid dienone is 2. The number of aryl methyl sites for hydroxylation is 1. The minimum absolute atomic E-state index is 0.333. The highest BCUT2D eigenvalue weighted by atomic mass is 16.3. The zero-order valence-electron chi connectivity index (χ0n) is 20.6. The Balaban J connectivity index is 0.000000837. The molecule has 1 aromatic heterocycles. The molecule has 0 fully saturated rings. The third kappa shape index (κ3) is 8.03. The first kappa shape index (κ1) is 26.0. The van der Waals surface area contributed by atoms with E-state index in [1.807, 2.05) is 20.1 Å². The summed E-state index contributed by atoms with van der Waals surface area (Å²) >= 11 is 0. The number of fused-ring (bicyclic) bond motifs is 1. The molecule has 1 heterocycles. The second-order valence-corrected chi connectivity index (χ2v) is 9.19. The highest BCUT2D eigenvalue weighted by molar-refractivity contribution is 5.82. The molecule has 0 spiro atoms. The molecule has 1 aliphatic carbocycles. The van der Waals surface area contributed by atoms with E-state index in [0.29, 0.717) is 12.0 Å². The normalized spacial score (nSPS) is 14.9. The largest absolute Gasteiger partial charge is 0.464 e. The maximum absolute atomic E-state index is 6.13. The zero-order chi connectivity index (χ0) is 23.5. The molecule has 0 amide bonds. The van der Waals surface area contributed by atoms with Gasteiger partial charge in [0.25, 0.3) is 0 Å². The molecule has 178 valence electrons. The van der Waals surface area contributed by atoms with Gasteiger partial charge in [-0.2, -0.15) is 0 Å². The summed E-state index contributed by atoms with van der Waals surface area (Å²) in [4.78, 5) is 0. The van der Waals surface area contributed by atoms with E-state index in [2.05, 4.69) is 49.3 Å². The number of nitrogens with two attached hydrogens (primary N) is 2. The summed E-state index contributed by atoms with van der Waals surface area (Å²) in [6.45, 7) is 15.2. The summed E-state index contributed by atoms with van der Waals surface area (Å²) in [5.41, 5.74) is 18.1. The van der Waals surface area contributed by atoms with Gasteiger partial charge in [-0.25, -0.2) is 0 Å². The fraction of sp³-hybridized carbons (Fsp3) is 0.556. The molecule has 0 saturated heterocycles. The average molecular weight is 441 g/mol. The van der Waals surface area contributed by atoms with Gasteiger partial charge in [-0.15, -0.1) is 0 Å². The average Bonchev–Trinajstić information content (AvgIpc) is 3.16. The molecule has 2 aromatic rings. The van der Waals surface area contributed by atoms with Gasteiger partial charge >= 0.3 is 0 Å². The summed E-state index contributed by atoms with van der Waals surface area (Å²) in [6.07, 6.45) is 8.66. The molecule has 3 rings (SSSR count). The molecule has 1 atom stereocenters. The van der Waals surface area contributed by atoms with Crippen molar-refractivity contribution >= 4 is 11.0 Å². The lowest BCUT2D eigenvalue weighted by Crippen LogP contribution is -2.29. The summed E-state index contributed by atoms with van der Waals surface area (Å²) < 4.78 is 5.77. The molecule has 1 unspecified atom stereocenters. The monoisotopic (exact) mass is 440 g/mol. The van der Waals surface area contributed by atoms with Crippen molar-refractivity contribution in [2.45, 2.75) is 78.2 Å². The van der Waals surface area contributed by atoms with Gasteiger partial charge < -0.3 is 26.5 Å². The van der Waals surface area contributed by atoms with Crippen molar-refractivity contribution in [3.63, 3.8) is 0 Å². The van der Waals surface area contributed by atoms with Crippen molar-refractivity contribution in [2.75, 3.05) is 19.6 Å². The highest BCUT2D eigenvalue weighted by Crippen LogP contribution is 2.32. The number of benzene rings is 1. The lowest BCUT2D eigenvalue weighted by Gasteiger charge is -2.20. The van der Waals surface area contributed by atoms with Gasteiger partial charge in [-0.1, -0.05) is 39.0 Å². The van der Waals surface area contributed by atoms with Crippen LogP contribution in [0.1, 0.15) is 76.3 Å². The molecular formula is C27H44N4O. The summed E-state index contributed by atoms with van der Waals surface area (Å²) in [5.74, 6) is 0.519. The molecule has 0 saturated carbocycles. The van der Waals surface area contributed by atoms with Gasteiger partial charge in [-0.05, 0) is 81.7 Å². The summed E-state index contributed by atoms with van der Waals surface area (Å²) in [7, 11) is 0. The van der Waals surface area contributed by atoms with Gasteiger partial charge in [0, 0.05) is 35.4 Å². The van der Waals surface area contributed by atoms with E-state index in [-0.39, 0.29) is 0 Å². The Hall–Kier alpha value is -2.24. The van der Waals surface area contributed by atoms with Crippen LogP contribution >= 0.6 is 0 Å². The van der Waals surface area contributed by atoms with E-state index in [0.717, 1.165) is 62.3 Å². The fourth-order valence-corrected chi connectivity index (χ4v) is 4.14. The Morgan fingerprint density at radius 3 is 2.56 bits per heavy atom. The van der Waals surface area contributed by atoms with E-state index in [4.69, 9.17) is 15.9 Å². The van der Waals surface area contributed by atoms with Crippen molar-refractivity contribution in [3.05, 3.63) is 59.1 Å². The van der Waals surface area contributed by atoms with Gasteiger partial charge in [0.1, 0.15) is 5.58 Å². The lowest BCUT2D eigenvalue weighted by atomic mass is 9.92. The number of hydrogen-bond acceptors (Lipinski definition) is 5. The van der Waals surface area contributed by atoms with Gasteiger partial charge in [0.05, 0.1) is 6.26 Å². The Morgan fingerprint density at radius 1 is 1.16 bits per heavy atom. The zero-order valence-corrected chi connectivity index (χ0v) is 20.6. The molecule has 0 radical (unpaired) electrons. The molecule has 6 N–H and O–H groups in total. The van der Waals surface area contributed by atoms with Crippen LogP contribution in [-0.4, -0.2) is 25.7 Å². The number of furan rings is 1. The van der Waals surface area contributed by atoms with Crippen molar-refractivity contribution in [3.8, 4) is 0 Å². The van der Waals surface area contributed by atoms with E-state index in [9.17, 15) is 0 Å². The van der Waals surface area contributed by atoms with Crippen LogP contribution in [0, 0.1) is 6.92 Å². The molecular weight excluding hydrogens is 396 g/mol. The Bertz CT molecular complexity index is 878. The topological polar surface area (TPSA) is 89.2 Å².